The van der Waals surface area contributed by atoms with Crippen LogP contribution in [0.15, 0.2) is 24.3 Å². The van der Waals surface area contributed by atoms with Gasteiger partial charge in [0.05, 0.1) is 6.04 Å². The number of hydrogen-bond donors (Lipinski definition) is 4. The lowest BCUT2D eigenvalue weighted by Crippen LogP contribution is -2.39. The summed E-state index contributed by atoms with van der Waals surface area (Å²) in [6, 6.07) is 5.23. The average molecular weight is 428 g/mol. The molecule has 2 unspecified atom stereocenters. The van der Waals surface area contributed by atoms with Gasteiger partial charge in [0.1, 0.15) is 18.6 Å². The highest BCUT2D eigenvalue weighted by atomic mass is 35.5. The van der Waals surface area contributed by atoms with E-state index in [1.165, 1.54) is 0 Å². The van der Waals surface area contributed by atoms with Gasteiger partial charge in [-0.05, 0) is 44.7 Å². The smallest absolute Gasteiger partial charge is 0.323 e. The summed E-state index contributed by atoms with van der Waals surface area (Å²) in [5.74, 6) is -3.40. The third-order valence-corrected chi connectivity index (χ3v) is 4.98. The molecule has 0 aliphatic rings. The molecule has 0 saturated carbocycles. The topological polar surface area (TPSA) is 159 Å². The van der Waals surface area contributed by atoms with Gasteiger partial charge in [0.2, 0.25) is 0 Å². The minimum Gasteiger partial charge on any atom is -0.481 e. The van der Waals surface area contributed by atoms with Gasteiger partial charge in [-0.15, -0.1) is 0 Å². The first-order valence-corrected chi connectivity index (χ1v) is 10.0. The van der Waals surface area contributed by atoms with Gasteiger partial charge in [-0.1, -0.05) is 36.2 Å². The van der Waals surface area contributed by atoms with Crippen LogP contribution in [0.2, 0.25) is 5.02 Å². The van der Waals surface area contributed by atoms with Crippen LogP contribution in [0.5, 0.6) is 0 Å². The van der Waals surface area contributed by atoms with Gasteiger partial charge >= 0.3 is 11.9 Å². The van der Waals surface area contributed by atoms with Gasteiger partial charge in [-0.25, -0.2) is 0 Å². The molecule has 162 valence electrons. The number of carbonyl (C=O) groups excluding carboxylic acids is 2. The summed E-state index contributed by atoms with van der Waals surface area (Å²) in [4.78, 5) is 35.6. The van der Waals surface area contributed by atoms with E-state index in [1.54, 1.807) is 24.3 Å². The highest BCUT2D eigenvalue weighted by Gasteiger charge is 2.30. The number of carboxylic acids is 1. The third-order valence-electron chi connectivity index (χ3n) is 4.61. The van der Waals surface area contributed by atoms with Crippen molar-refractivity contribution in [1.82, 2.24) is 0 Å². The first kappa shape index (κ1) is 25.0. The van der Waals surface area contributed by atoms with E-state index in [4.69, 9.17) is 33.5 Å². The summed E-state index contributed by atoms with van der Waals surface area (Å²) in [7, 11) is 0. The standard InChI is InChI=1S/C20H30ClN3O5/c21-15-8-2-1-6-13(15)12-29-20(28)17(24)10-5-9-16(23)18(25)14(19(26)27)7-3-4-11-22/h1-2,6,8,14,16-17H,3-5,7,9-12,22-24H2,(H,26,27)/t14?,16-,17?/m0/s1. The molecule has 7 N–H and O–H groups in total. The monoisotopic (exact) mass is 427 g/mol. The maximum Gasteiger partial charge on any atom is 0.323 e. The van der Waals surface area contributed by atoms with Crippen molar-refractivity contribution in [3.63, 3.8) is 0 Å². The SMILES string of the molecule is NCCCCC(C(=O)O)C(=O)[C@@H](N)CCCC(N)C(=O)OCc1ccccc1Cl. The van der Waals surface area contributed by atoms with Crippen LogP contribution >= 0.6 is 11.6 Å². The maximum absolute atomic E-state index is 12.3. The van der Waals surface area contributed by atoms with E-state index in [9.17, 15) is 19.5 Å². The van der Waals surface area contributed by atoms with Crippen LogP contribution in [0.25, 0.3) is 0 Å². The zero-order valence-corrected chi connectivity index (χ0v) is 17.1. The molecule has 0 heterocycles. The van der Waals surface area contributed by atoms with E-state index in [0.717, 1.165) is 0 Å². The van der Waals surface area contributed by atoms with Crippen LogP contribution in [-0.2, 0) is 25.7 Å². The quantitative estimate of drug-likeness (QED) is 0.198. The number of hydrogen-bond acceptors (Lipinski definition) is 7. The fourth-order valence-corrected chi connectivity index (χ4v) is 3.02. The molecule has 0 spiro atoms. The van der Waals surface area contributed by atoms with E-state index in [2.05, 4.69) is 0 Å². The van der Waals surface area contributed by atoms with Gasteiger partial charge in [-0.2, -0.15) is 0 Å². The number of nitrogens with two attached hydrogens (primary N) is 3. The minimum atomic E-state index is -1.18. The van der Waals surface area contributed by atoms with E-state index < -0.39 is 35.7 Å². The highest BCUT2D eigenvalue weighted by molar-refractivity contribution is 6.31. The molecule has 0 saturated heterocycles. The van der Waals surface area contributed by atoms with Crippen molar-refractivity contribution in [3.8, 4) is 0 Å². The van der Waals surface area contributed by atoms with Crippen molar-refractivity contribution in [2.75, 3.05) is 6.54 Å². The first-order valence-electron chi connectivity index (χ1n) is 9.65. The molecule has 0 radical (unpaired) electrons. The van der Waals surface area contributed by atoms with E-state index in [1.807, 2.05) is 0 Å². The minimum absolute atomic E-state index is 0.0211. The second-order valence-corrected chi connectivity index (χ2v) is 7.33. The summed E-state index contributed by atoms with van der Waals surface area (Å²) in [6.07, 6.45) is 2.32. The van der Waals surface area contributed by atoms with Crippen molar-refractivity contribution >= 4 is 29.3 Å². The Morgan fingerprint density at radius 1 is 1.00 bits per heavy atom. The maximum atomic E-state index is 12.3. The lowest BCUT2D eigenvalue weighted by molar-refractivity contribution is -0.147. The molecule has 0 amide bonds. The first-order chi connectivity index (χ1) is 13.8. The second-order valence-electron chi connectivity index (χ2n) is 6.92. The van der Waals surface area contributed by atoms with Crippen molar-refractivity contribution in [2.24, 2.45) is 23.1 Å². The molecule has 0 fully saturated rings. The number of halogens is 1. The van der Waals surface area contributed by atoms with Crippen LogP contribution in [0.3, 0.4) is 0 Å². The van der Waals surface area contributed by atoms with Crippen LogP contribution in [-0.4, -0.2) is 41.5 Å². The van der Waals surface area contributed by atoms with Gasteiger partial charge in [0, 0.05) is 10.6 Å². The number of Topliss-reactive ketones (excluding diaryl/α,β-unsaturated/α-hetero) is 1. The Balaban J connectivity index is 2.39. The van der Waals surface area contributed by atoms with E-state index >= 15 is 0 Å². The Morgan fingerprint density at radius 2 is 1.66 bits per heavy atom. The Morgan fingerprint density at radius 3 is 2.28 bits per heavy atom. The summed E-state index contributed by atoms with van der Waals surface area (Å²) >= 11 is 6.01. The second kappa shape index (κ2) is 13.3. The van der Waals surface area contributed by atoms with Gasteiger partial charge < -0.3 is 27.0 Å². The number of rotatable bonds is 14. The number of ether oxygens (including phenoxy) is 1. The summed E-state index contributed by atoms with van der Waals surface area (Å²) < 4.78 is 5.17. The van der Waals surface area contributed by atoms with Crippen LogP contribution < -0.4 is 17.2 Å². The number of unbranched alkanes of at least 4 members (excludes halogenated alkanes) is 1. The molecule has 0 aliphatic carbocycles. The van der Waals surface area contributed by atoms with Crippen LogP contribution in [0, 0.1) is 5.92 Å². The number of benzene rings is 1. The lowest BCUT2D eigenvalue weighted by atomic mass is 9.90. The Hall–Kier alpha value is -2.00. The van der Waals surface area contributed by atoms with Crippen LogP contribution in [0.4, 0.5) is 0 Å². The zero-order chi connectivity index (χ0) is 21.8. The largest absolute Gasteiger partial charge is 0.481 e. The van der Waals surface area contributed by atoms with Crippen molar-refractivity contribution in [2.45, 2.75) is 57.2 Å². The van der Waals surface area contributed by atoms with Gasteiger partial charge in [0.25, 0.3) is 0 Å². The number of carboxylic acid groups (broad SMARTS) is 1. The summed E-state index contributed by atoms with van der Waals surface area (Å²) in [5, 5.41) is 9.75. The number of esters is 1. The molecule has 0 aliphatic heterocycles. The lowest BCUT2D eigenvalue weighted by Gasteiger charge is -2.17. The predicted octanol–water partition coefficient (Wildman–Crippen LogP) is 1.61. The van der Waals surface area contributed by atoms with Crippen LogP contribution in [0.1, 0.15) is 44.1 Å². The fraction of sp³-hybridized carbons (Fsp3) is 0.550. The number of carbonyl (C=O) groups is 3. The van der Waals surface area contributed by atoms with Gasteiger partial charge in [-0.3, -0.25) is 14.4 Å². The molecular weight excluding hydrogens is 398 g/mol. The number of aliphatic carboxylic acids is 1. The molecule has 8 nitrogen and oxygen atoms in total. The third kappa shape index (κ3) is 8.91. The molecule has 1 rings (SSSR count). The molecular formula is C20H30ClN3O5. The normalized spacial score (nSPS) is 14.1. The van der Waals surface area contributed by atoms with E-state index in [0.29, 0.717) is 36.4 Å². The molecule has 9 heteroatoms. The highest BCUT2D eigenvalue weighted by Crippen LogP contribution is 2.17. The Kier molecular flexibility index (Phi) is 11.5. The zero-order valence-electron chi connectivity index (χ0n) is 16.4. The van der Waals surface area contributed by atoms with Crippen molar-refractivity contribution in [1.29, 1.82) is 0 Å². The molecule has 0 bridgehead atoms. The average Bonchev–Trinajstić information content (AvgIpc) is 2.69. The molecule has 1 aromatic carbocycles. The van der Waals surface area contributed by atoms with Gasteiger partial charge in [0.15, 0.2) is 5.78 Å². The molecule has 1 aromatic rings. The molecule has 3 atom stereocenters. The van der Waals surface area contributed by atoms with E-state index in [-0.39, 0.29) is 25.9 Å². The summed E-state index contributed by atoms with van der Waals surface area (Å²) in [5.41, 5.74) is 17.8. The predicted molar refractivity (Wildman–Crippen MR) is 110 cm³/mol. The number of ketones is 1. The Labute approximate surface area is 175 Å². The van der Waals surface area contributed by atoms with Crippen molar-refractivity contribution < 1.29 is 24.2 Å². The Bertz CT molecular complexity index is 686. The summed E-state index contributed by atoms with van der Waals surface area (Å²) in [6.45, 7) is 0.463. The van der Waals surface area contributed by atoms with Crippen molar-refractivity contribution in [3.05, 3.63) is 34.9 Å². The molecule has 29 heavy (non-hydrogen) atoms. The molecule has 0 aromatic heterocycles. The fourth-order valence-electron chi connectivity index (χ4n) is 2.83.